The molecule has 0 bridgehead atoms. The second kappa shape index (κ2) is 7.45. The highest BCUT2D eigenvalue weighted by Crippen LogP contribution is 2.10. The molecule has 1 N–H and O–H groups in total. The Balaban J connectivity index is 1.95. The van der Waals surface area contributed by atoms with E-state index in [-0.39, 0.29) is 12.5 Å². The summed E-state index contributed by atoms with van der Waals surface area (Å²) in [4.78, 5) is 11.5. The molecule has 20 heavy (non-hydrogen) atoms. The van der Waals surface area contributed by atoms with Gasteiger partial charge in [-0.15, -0.1) is 0 Å². The summed E-state index contributed by atoms with van der Waals surface area (Å²) in [6.45, 7) is 3.72. The molecule has 0 saturated heterocycles. The van der Waals surface area contributed by atoms with Crippen LogP contribution in [0.3, 0.4) is 0 Å². The Labute approximate surface area is 118 Å². The monoisotopic (exact) mass is 273 g/mol. The van der Waals surface area contributed by atoms with E-state index < -0.39 is 0 Å². The molecule has 0 atom stereocenters. The number of hydrogen-bond donors (Lipinski definition) is 1. The number of nitrogens with zero attached hydrogens (tertiary/aromatic N) is 2. The van der Waals surface area contributed by atoms with Gasteiger partial charge in [0.1, 0.15) is 6.61 Å². The lowest BCUT2D eigenvalue weighted by atomic mass is 10.1. The fourth-order valence-corrected chi connectivity index (χ4v) is 1.89. The Kier molecular flexibility index (Phi) is 5.32. The van der Waals surface area contributed by atoms with Crippen LogP contribution in [0.4, 0.5) is 0 Å². The summed E-state index contributed by atoms with van der Waals surface area (Å²) in [5.41, 5.74) is 2.24. The third-order valence-electron chi connectivity index (χ3n) is 2.92. The molecule has 5 heteroatoms. The van der Waals surface area contributed by atoms with Crippen molar-refractivity contribution in [2.75, 3.05) is 13.2 Å². The Hall–Kier alpha value is -2.14. The van der Waals surface area contributed by atoms with Crippen LogP contribution < -0.4 is 5.32 Å². The lowest BCUT2D eigenvalue weighted by Crippen LogP contribution is -2.27. The van der Waals surface area contributed by atoms with Crippen LogP contribution in [0, 0.1) is 0 Å². The molecule has 0 aliphatic carbocycles. The summed E-state index contributed by atoms with van der Waals surface area (Å²) < 4.78 is 6.93. The molecule has 0 saturated carbocycles. The SMILES string of the molecule is CCOCC(=O)NCc1ccccc1Cn1cccn1. The Morgan fingerprint density at radius 3 is 2.80 bits per heavy atom. The van der Waals surface area contributed by atoms with E-state index >= 15 is 0 Å². The van der Waals surface area contributed by atoms with Gasteiger partial charge in [-0.3, -0.25) is 9.48 Å². The Morgan fingerprint density at radius 1 is 1.30 bits per heavy atom. The zero-order valence-electron chi connectivity index (χ0n) is 11.6. The summed E-state index contributed by atoms with van der Waals surface area (Å²) in [6.07, 6.45) is 3.68. The average molecular weight is 273 g/mol. The normalized spacial score (nSPS) is 10.4. The largest absolute Gasteiger partial charge is 0.372 e. The first-order valence-electron chi connectivity index (χ1n) is 6.68. The first kappa shape index (κ1) is 14.3. The molecule has 0 aliphatic rings. The van der Waals surface area contributed by atoms with Crippen molar-refractivity contribution in [1.29, 1.82) is 0 Å². The minimum absolute atomic E-state index is 0.0965. The van der Waals surface area contributed by atoms with Gasteiger partial charge in [0.2, 0.25) is 5.91 Å². The number of ether oxygens (including phenoxy) is 1. The number of hydrogen-bond acceptors (Lipinski definition) is 3. The van der Waals surface area contributed by atoms with E-state index in [0.29, 0.717) is 19.7 Å². The summed E-state index contributed by atoms with van der Waals surface area (Å²) in [7, 11) is 0. The summed E-state index contributed by atoms with van der Waals surface area (Å²) >= 11 is 0. The van der Waals surface area contributed by atoms with E-state index in [4.69, 9.17) is 4.74 Å². The molecule has 5 nitrogen and oxygen atoms in total. The molecule has 106 valence electrons. The zero-order chi connectivity index (χ0) is 14.2. The number of rotatable bonds is 7. The Bertz CT molecular complexity index is 538. The van der Waals surface area contributed by atoms with E-state index in [1.165, 1.54) is 0 Å². The van der Waals surface area contributed by atoms with Crippen LogP contribution >= 0.6 is 0 Å². The number of aromatic nitrogens is 2. The van der Waals surface area contributed by atoms with E-state index in [2.05, 4.69) is 10.4 Å². The molecule has 1 aromatic heterocycles. The Morgan fingerprint density at radius 2 is 2.10 bits per heavy atom. The standard InChI is InChI=1S/C15H19N3O2/c1-2-20-12-15(19)16-10-13-6-3-4-7-14(13)11-18-9-5-8-17-18/h3-9H,2,10-12H2,1H3,(H,16,19). The van der Waals surface area contributed by atoms with Gasteiger partial charge < -0.3 is 10.1 Å². The van der Waals surface area contributed by atoms with Crippen LogP contribution in [0.1, 0.15) is 18.1 Å². The van der Waals surface area contributed by atoms with E-state index in [0.717, 1.165) is 11.1 Å². The molecule has 2 aromatic rings. The van der Waals surface area contributed by atoms with E-state index in [9.17, 15) is 4.79 Å². The van der Waals surface area contributed by atoms with Gasteiger partial charge in [-0.1, -0.05) is 24.3 Å². The van der Waals surface area contributed by atoms with Gasteiger partial charge >= 0.3 is 0 Å². The van der Waals surface area contributed by atoms with E-state index in [1.807, 2.05) is 48.1 Å². The molecule has 0 radical (unpaired) electrons. The van der Waals surface area contributed by atoms with Gasteiger partial charge in [-0.25, -0.2) is 0 Å². The topological polar surface area (TPSA) is 56.1 Å². The quantitative estimate of drug-likeness (QED) is 0.833. The van der Waals surface area contributed by atoms with Crippen molar-refractivity contribution in [3.8, 4) is 0 Å². The molecule has 1 amide bonds. The zero-order valence-corrected chi connectivity index (χ0v) is 11.6. The first-order valence-corrected chi connectivity index (χ1v) is 6.68. The third-order valence-corrected chi connectivity index (χ3v) is 2.92. The van der Waals surface area contributed by atoms with Crippen molar-refractivity contribution in [1.82, 2.24) is 15.1 Å². The van der Waals surface area contributed by atoms with Gasteiger partial charge in [0, 0.05) is 25.5 Å². The second-order valence-corrected chi connectivity index (χ2v) is 4.39. The van der Waals surface area contributed by atoms with Crippen LogP contribution in [0.15, 0.2) is 42.7 Å². The average Bonchev–Trinajstić information content (AvgIpc) is 2.97. The third kappa shape index (κ3) is 4.20. The molecule has 0 unspecified atom stereocenters. The van der Waals surface area contributed by atoms with Crippen molar-refractivity contribution in [2.45, 2.75) is 20.0 Å². The molecular formula is C15H19N3O2. The van der Waals surface area contributed by atoms with Crippen LogP contribution in [-0.4, -0.2) is 28.9 Å². The number of amides is 1. The lowest BCUT2D eigenvalue weighted by Gasteiger charge is -2.11. The predicted octanol–water partition coefficient (Wildman–Crippen LogP) is 1.58. The van der Waals surface area contributed by atoms with Crippen LogP contribution in [0.5, 0.6) is 0 Å². The minimum Gasteiger partial charge on any atom is -0.372 e. The predicted molar refractivity (Wildman–Crippen MR) is 76.1 cm³/mol. The molecule has 0 aliphatic heterocycles. The molecule has 2 rings (SSSR count). The molecule has 0 spiro atoms. The van der Waals surface area contributed by atoms with Crippen molar-refractivity contribution in [2.24, 2.45) is 0 Å². The molecule has 0 fully saturated rings. The molecular weight excluding hydrogens is 254 g/mol. The smallest absolute Gasteiger partial charge is 0.246 e. The van der Waals surface area contributed by atoms with Crippen LogP contribution in [0.2, 0.25) is 0 Å². The summed E-state index contributed by atoms with van der Waals surface area (Å²) in [5, 5.41) is 7.06. The number of benzene rings is 1. The van der Waals surface area contributed by atoms with Gasteiger partial charge in [-0.2, -0.15) is 5.10 Å². The highest BCUT2D eigenvalue weighted by molar-refractivity contribution is 5.77. The molecule has 1 heterocycles. The van der Waals surface area contributed by atoms with Gasteiger partial charge in [0.25, 0.3) is 0 Å². The van der Waals surface area contributed by atoms with Crippen molar-refractivity contribution in [3.05, 3.63) is 53.9 Å². The van der Waals surface area contributed by atoms with Gasteiger partial charge in [0.05, 0.1) is 6.54 Å². The maximum absolute atomic E-state index is 11.5. The molecule has 1 aromatic carbocycles. The summed E-state index contributed by atoms with van der Waals surface area (Å²) in [6, 6.07) is 9.92. The van der Waals surface area contributed by atoms with Crippen molar-refractivity contribution < 1.29 is 9.53 Å². The van der Waals surface area contributed by atoms with Crippen molar-refractivity contribution in [3.63, 3.8) is 0 Å². The highest BCUT2D eigenvalue weighted by Gasteiger charge is 2.05. The van der Waals surface area contributed by atoms with Crippen molar-refractivity contribution >= 4 is 5.91 Å². The lowest BCUT2D eigenvalue weighted by molar-refractivity contribution is -0.125. The fraction of sp³-hybridized carbons (Fsp3) is 0.333. The summed E-state index contributed by atoms with van der Waals surface area (Å²) in [5.74, 6) is -0.0965. The first-order chi connectivity index (χ1) is 9.79. The fourth-order valence-electron chi connectivity index (χ4n) is 1.89. The number of carbonyl (C=O) groups is 1. The second-order valence-electron chi connectivity index (χ2n) is 4.39. The maximum Gasteiger partial charge on any atom is 0.246 e. The number of carbonyl (C=O) groups excluding carboxylic acids is 1. The van der Waals surface area contributed by atoms with E-state index in [1.54, 1.807) is 6.20 Å². The van der Waals surface area contributed by atoms with Gasteiger partial charge in [0.15, 0.2) is 0 Å². The van der Waals surface area contributed by atoms with Crippen LogP contribution in [-0.2, 0) is 22.6 Å². The maximum atomic E-state index is 11.5. The number of nitrogens with one attached hydrogen (secondary N) is 1. The van der Waals surface area contributed by atoms with Crippen LogP contribution in [0.25, 0.3) is 0 Å². The minimum atomic E-state index is -0.0965. The highest BCUT2D eigenvalue weighted by atomic mass is 16.5. The van der Waals surface area contributed by atoms with Gasteiger partial charge in [-0.05, 0) is 24.1 Å².